The van der Waals surface area contributed by atoms with Gasteiger partial charge in [-0.05, 0) is 74.6 Å². The third kappa shape index (κ3) is 3.33. The summed E-state index contributed by atoms with van der Waals surface area (Å²) in [6.45, 7) is 2.56. The fraction of sp³-hybridized carbons (Fsp3) is 0.611. The van der Waals surface area contributed by atoms with Gasteiger partial charge >= 0.3 is 13.1 Å². The van der Waals surface area contributed by atoms with Crippen molar-refractivity contribution >= 4 is 13.1 Å². The molecule has 7 heteroatoms. The number of carboxylic acids is 1. The number of hydrogen-bond donors (Lipinski definition) is 4. The van der Waals surface area contributed by atoms with Crippen LogP contribution in [0.3, 0.4) is 0 Å². The second-order valence-electron chi connectivity index (χ2n) is 7.50. The molecule has 0 spiro atoms. The Morgan fingerprint density at radius 1 is 1.44 bits per heavy atom. The summed E-state index contributed by atoms with van der Waals surface area (Å²) in [6, 6.07) is 3.21. The molecule has 25 heavy (non-hydrogen) atoms. The highest BCUT2D eigenvalue weighted by molar-refractivity contribution is 6.40. The van der Waals surface area contributed by atoms with Gasteiger partial charge in [0.05, 0.1) is 5.41 Å². The monoisotopic (exact) mass is 349 g/mol. The highest BCUT2D eigenvalue weighted by Crippen LogP contribution is 2.47. The van der Waals surface area contributed by atoms with Crippen LogP contribution in [-0.2, 0) is 16.6 Å². The van der Waals surface area contributed by atoms with Gasteiger partial charge in [-0.1, -0.05) is 6.42 Å². The highest BCUT2D eigenvalue weighted by Gasteiger charge is 2.49. The zero-order chi connectivity index (χ0) is 18.2. The molecule has 1 aliphatic heterocycles. The lowest BCUT2D eigenvalue weighted by Gasteiger charge is -2.29. The first-order chi connectivity index (χ1) is 11.8. The predicted molar refractivity (Wildman–Crippen MR) is 92.8 cm³/mol. The second kappa shape index (κ2) is 7.06. The zero-order valence-electron chi connectivity index (χ0n) is 14.5. The molecule has 4 N–H and O–H groups in total. The molecule has 136 valence electrons. The van der Waals surface area contributed by atoms with Crippen LogP contribution in [-0.4, -0.2) is 34.8 Å². The van der Waals surface area contributed by atoms with E-state index in [0.29, 0.717) is 30.4 Å². The van der Waals surface area contributed by atoms with E-state index in [1.54, 1.807) is 13.0 Å². The van der Waals surface area contributed by atoms with Crippen molar-refractivity contribution in [2.45, 2.75) is 56.8 Å². The van der Waals surface area contributed by atoms with Gasteiger partial charge in [0.1, 0.15) is 5.82 Å². The number of rotatable bonds is 6. The Balaban J connectivity index is 1.92. The summed E-state index contributed by atoms with van der Waals surface area (Å²) < 4.78 is 14.6. The van der Waals surface area contributed by atoms with Crippen molar-refractivity contribution in [3.63, 3.8) is 0 Å². The number of benzene rings is 1. The van der Waals surface area contributed by atoms with Crippen LogP contribution in [0.1, 0.15) is 55.3 Å². The lowest BCUT2D eigenvalue weighted by molar-refractivity contribution is -0.145. The second-order valence-corrected chi connectivity index (χ2v) is 7.50. The van der Waals surface area contributed by atoms with Crippen LogP contribution in [0.15, 0.2) is 12.1 Å². The van der Waals surface area contributed by atoms with Crippen LogP contribution in [0.25, 0.3) is 0 Å². The Bertz CT molecular complexity index is 663. The Morgan fingerprint density at radius 3 is 2.80 bits per heavy atom. The van der Waals surface area contributed by atoms with Crippen molar-refractivity contribution in [2.75, 3.05) is 6.54 Å². The van der Waals surface area contributed by atoms with E-state index in [1.807, 2.05) is 0 Å². The number of hydrogen-bond acceptors (Lipinski definition) is 4. The summed E-state index contributed by atoms with van der Waals surface area (Å²) in [4.78, 5) is 12.1. The maximum absolute atomic E-state index is 14.6. The average molecular weight is 349 g/mol. The molecule has 1 aliphatic carbocycles. The van der Waals surface area contributed by atoms with Gasteiger partial charge in [-0.3, -0.25) is 4.79 Å². The number of carboxylic acid groups (broad SMARTS) is 1. The largest absolute Gasteiger partial charge is 0.481 e. The molecular weight excluding hydrogens is 324 g/mol. The third-order valence-electron chi connectivity index (χ3n) is 5.96. The lowest BCUT2D eigenvalue weighted by atomic mass is 9.72. The van der Waals surface area contributed by atoms with E-state index in [2.05, 4.69) is 5.32 Å². The van der Waals surface area contributed by atoms with Crippen molar-refractivity contribution in [2.24, 2.45) is 5.92 Å². The molecular formula is C18H25BFNO4. The quantitative estimate of drug-likeness (QED) is 0.590. The first kappa shape index (κ1) is 18.4. The van der Waals surface area contributed by atoms with Gasteiger partial charge in [0.2, 0.25) is 0 Å². The Morgan fingerprint density at radius 2 is 2.20 bits per heavy atom. The van der Waals surface area contributed by atoms with Crippen molar-refractivity contribution in [3.8, 4) is 0 Å². The smallest absolute Gasteiger partial charge is 0.451 e. The van der Waals surface area contributed by atoms with Gasteiger partial charge in [-0.2, -0.15) is 0 Å². The predicted octanol–water partition coefficient (Wildman–Crippen LogP) is 2.02. The first-order valence-electron chi connectivity index (χ1n) is 8.99. The van der Waals surface area contributed by atoms with Crippen LogP contribution in [0.2, 0.25) is 6.32 Å². The molecule has 2 aliphatic rings. The molecule has 1 aromatic carbocycles. The lowest BCUT2D eigenvalue weighted by Crippen LogP contribution is -2.37. The van der Waals surface area contributed by atoms with Crippen molar-refractivity contribution in [1.29, 1.82) is 0 Å². The van der Waals surface area contributed by atoms with Crippen LogP contribution in [0.5, 0.6) is 0 Å². The normalized spacial score (nSPS) is 28.2. The van der Waals surface area contributed by atoms with E-state index in [4.69, 9.17) is 10.0 Å². The number of carbonyl (C=O) groups is 1. The number of halogens is 1. The Kier molecular flexibility index (Phi) is 5.18. The molecule has 0 saturated carbocycles. The topological polar surface area (TPSA) is 89.8 Å². The average Bonchev–Trinajstić information content (AvgIpc) is 3.14. The summed E-state index contributed by atoms with van der Waals surface area (Å²) >= 11 is 0. The van der Waals surface area contributed by atoms with Crippen molar-refractivity contribution < 1.29 is 24.3 Å². The fourth-order valence-electron chi connectivity index (χ4n) is 4.42. The molecule has 1 heterocycles. The zero-order valence-corrected chi connectivity index (χ0v) is 14.5. The third-order valence-corrected chi connectivity index (χ3v) is 5.96. The molecule has 0 bridgehead atoms. The summed E-state index contributed by atoms with van der Waals surface area (Å²) in [5, 5.41) is 31.2. The van der Waals surface area contributed by atoms with Gasteiger partial charge < -0.3 is 20.5 Å². The standard InChI is InChI=1S/C18H25BFNO4/c1-18(17(22)23)12(4-2-6-19(24)25)8-11-9-15(20)13(10-14(11)18)16-5-3-7-21-16/h9-10,12,16,21,24-25H,2-8H2,1H3,(H,22,23)/t12-,16-,18-/m0/s1. The molecule has 0 radical (unpaired) electrons. The molecule has 0 unspecified atom stereocenters. The van der Waals surface area contributed by atoms with E-state index in [0.717, 1.165) is 24.9 Å². The molecule has 3 atom stereocenters. The molecule has 1 aromatic rings. The summed E-state index contributed by atoms with van der Waals surface area (Å²) in [5.41, 5.74) is 0.963. The molecule has 1 fully saturated rings. The summed E-state index contributed by atoms with van der Waals surface area (Å²) in [6.07, 6.45) is 3.66. The molecule has 1 saturated heterocycles. The minimum atomic E-state index is -1.38. The van der Waals surface area contributed by atoms with E-state index >= 15 is 0 Å². The minimum Gasteiger partial charge on any atom is -0.481 e. The molecule has 3 rings (SSSR count). The Hall–Kier alpha value is -1.44. The molecule has 0 amide bonds. The Labute approximate surface area is 147 Å². The molecule has 0 aromatic heterocycles. The van der Waals surface area contributed by atoms with E-state index in [9.17, 15) is 14.3 Å². The van der Waals surface area contributed by atoms with E-state index < -0.39 is 18.5 Å². The van der Waals surface area contributed by atoms with Gasteiger partial charge in [0.25, 0.3) is 0 Å². The number of aliphatic carboxylic acids is 1. The minimum absolute atomic E-state index is 0.0491. The summed E-state index contributed by atoms with van der Waals surface area (Å²) in [7, 11) is -1.38. The van der Waals surface area contributed by atoms with Crippen molar-refractivity contribution in [3.05, 3.63) is 34.6 Å². The summed E-state index contributed by atoms with van der Waals surface area (Å²) in [5.74, 6) is -1.35. The highest BCUT2D eigenvalue weighted by atomic mass is 19.1. The van der Waals surface area contributed by atoms with Gasteiger partial charge in [0.15, 0.2) is 0 Å². The van der Waals surface area contributed by atoms with Gasteiger partial charge in [-0.15, -0.1) is 0 Å². The van der Waals surface area contributed by atoms with Crippen molar-refractivity contribution in [1.82, 2.24) is 5.32 Å². The number of fused-ring (bicyclic) bond motifs is 1. The first-order valence-corrected chi connectivity index (χ1v) is 8.99. The fourth-order valence-corrected chi connectivity index (χ4v) is 4.42. The maximum atomic E-state index is 14.6. The number of nitrogens with one attached hydrogen (secondary N) is 1. The van der Waals surface area contributed by atoms with Gasteiger partial charge in [-0.25, -0.2) is 4.39 Å². The van der Waals surface area contributed by atoms with Gasteiger partial charge in [0, 0.05) is 11.6 Å². The van der Waals surface area contributed by atoms with Crippen LogP contribution in [0, 0.1) is 11.7 Å². The molecule has 5 nitrogen and oxygen atoms in total. The maximum Gasteiger partial charge on any atom is 0.451 e. The van der Waals surface area contributed by atoms with E-state index in [-0.39, 0.29) is 24.1 Å². The van der Waals surface area contributed by atoms with Crippen LogP contribution in [0.4, 0.5) is 4.39 Å². The SMILES string of the molecule is C[C@@]1(C(=O)O)c2cc([C@@H]3CCCN3)c(F)cc2C[C@@H]1CCCB(O)O. The van der Waals surface area contributed by atoms with E-state index in [1.165, 1.54) is 6.07 Å². The van der Waals surface area contributed by atoms with Crippen LogP contribution < -0.4 is 5.32 Å². The van der Waals surface area contributed by atoms with Crippen LogP contribution >= 0.6 is 0 Å².